The number of phenols is 4. The van der Waals surface area contributed by atoms with Crippen molar-refractivity contribution < 1.29 is 78.1 Å². The fraction of sp³-hybridized carbons (Fsp3) is 0.189. The van der Waals surface area contributed by atoms with Crippen molar-refractivity contribution in [2.45, 2.75) is 61.4 Å². The number of amides is 7. The van der Waals surface area contributed by atoms with Crippen molar-refractivity contribution in [1.82, 2.24) is 31.9 Å². The number of aliphatic hydroxyl groups excluding tert-OH is 2. The van der Waals surface area contributed by atoms with Crippen molar-refractivity contribution in [3.8, 4) is 57.1 Å². The number of hydrogen-bond donors (Lipinski definition) is 14. The third-order valence-electron chi connectivity index (χ3n) is 13.0. The van der Waals surface area contributed by atoms with E-state index in [1.165, 1.54) is 54.6 Å². The van der Waals surface area contributed by atoms with Crippen molar-refractivity contribution in [2.24, 2.45) is 11.5 Å². The first-order valence-corrected chi connectivity index (χ1v) is 24.0. The Kier molecular flexibility index (Phi) is 14.8. The van der Waals surface area contributed by atoms with E-state index in [9.17, 15) is 59.0 Å². The van der Waals surface area contributed by atoms with Gasteiger partial charge in [-0.2, -0.15) is 0 Å². The maximum atomic E-state index is 15.3. The summed E-state index contributed by atoms with van der Waals surface area (Å²) in [4.78, 5) is 100. The van der Waals surface area contributed by atoms with Gasteiger partial charge in [0.2, 0.25) is 47.1 Å². The largest absolute Gasteiger partial charge is 0.508 e. The molecule has 11 rings (SSSR count). The SMILES string of the molecule is NC(=O)C[C@@H]1NC(=O)[C@H](N)[C@H](O)c2ccc(c(Cl)c2)Oc2cc3cc(c2O)Oc2ccc(cc2)[C@@H](O)[C@@H]2NC(=O)[C@H](NC(=O)[C@@H]3NC1=O)c1ccc(O)c(c1)-c1c(O)cc(O)cc1[C@@H](C(=O)NCc1ccc(F)cc1)NC2=O. The molecule has 5 aliphatic rings. The average Bonchev–Trinajstić information content (AvgIpc) is 3.44. The van der Waals surface area contributed by atoms with E-state index < -0.39 is 137 Å². The topological polar surface area (TPSA) is 384 Å². The van der Waals surface area contributed by atoms with Gasteiger partial charge in [-0.3, -0.25) is 33.6 Å². The minimum Gasteiger partial charge on any atom is -0.508 e. The second-order valence-corrected chi connectivity index (χ2v) is 18.7. The Morgan fingerprint density at radius 1 is 0.628 bits per heavy atom. The lowest BCUT2D eigenvalue weighted by Gasteiger charge is -2.31. The molecule has 23 nitrogen and oxygen atoms in total. The first-order valence-electron chi connectivity index (χ1n) is 23.6. The first-order chi connectivity index (χ1) is 37.1. The summed E-state index contributed by atoms with van der Waals surface area (Å²) in [5.74, 6) is -12.8. The molecule has 5 aliphatic heterocycles. The maximum Gasteiger partial charge on any atom is 0.248 e. The molecular formula is C53H46ClFN8O15. The summed E-state index contributed by atoms with van der Waals surface area (Å²) in [6.07, 6.45) is -4.69. The number of rotatable bonds is 5. The molecule has 0 unspecified atom stereocenters. The molecule has 78 heavy (non-hydrogen) atoms. The van der Waals surface area contributed by atoms with Crippen LogP contribution in [0.3, 0.4) is 0 Å². The van der Waals surface area contributed by atoms with Crippen LogP contribution in [0.1, 0.15) is 70.1 Å². The fourth-order valence-corrected chi connectivity index (χ4v) is 9.23. The molecule has 0 aliphatic carbocycles. The Hall–Kier alpha value is -9.49. The number of halogens is 2. The maximum absolute atomic E-state index is 15.3. The van der Waals surface area contributed by atoms with E-state index in [0.717, 1.165) is 54.6 Å². The van der Waals surface area contributed by atoms with Crippen molar-refractivity contribution in [1.29, 1.82) is 0 Å². The lowest BCUT2D eigenvalue weighted by Crippen LogP contribution is -2.56. The Bertz CT molecular complexity index is 3440. The fourth-order valence-electron chi connectivity index (χ4n) is 9.00. The molecule has 25 heteroatoms. The first kappa shape index (κ1) is 53.3. The molecule has 0 spiro atoms. The number of fused-ring (bicyclic) bond motifs is 15. The van der Waals surface area contributed by atoms with Gasteiger partial charge in [-0.05, 0) is 100 Å². The highest BCUT2D eigenvalue weighted by atomic mass is 35.5. The van der Waals surface area contributed by atoms with Gasteiger partial charge in [0.1, 0.15) is 83.0 Å². The highest BCUT2D eigenvalue weighted by Gasteiger charge is 2.41. The van der Waals surface area contributed by atoms with E-state index in [0.29, 0.717) is 5.56 Å². The van der Waals surface area contributed by atoms with Gasteiger partial charge in [0.05, 0.1) is 11.4 Å². The molecule has 0 aromatic heterocycles. The predicted octanol–water partition coefficient (Wildman–Crippen LogP) is 2.32. The second-order valence-electron chi connectivity index (χ2n) is 18.3. The van der Waals surface area contributed by atoms with E-state index in [4.69, 9.17) is 32.5 Å². The highest BCUT2D eigenvalue weighted by molar-refractivity contribution is 6.32. The highest BCUT2D eigenvalue weighted by Crippen LogP contribution is 2.47. The number of hydrogen-bond acceptors (Lipinski definition) is 16. The van der Waals surface area contributed by atoms with Crippen LogP contribution >= 0.6 is 11.6 Å². The van der Waals surface area contributed by atoms with Gasteiger partial charge in [0.15, 0.2) is 11.5 Å². The number of aliphatic hydroxyl groups is 2. The van der Waals surface area contributed by atoms with E-state index in [1.807, 2.05) is 0 Å². The molecule has 5 heterocycles. The molecule has 11 bridgehead atoms. The van der Waals surface area contributed by atoms with E-state index in [1.54, 1.807) is 0 Å². The van der Waals surface area contributed by atoms with Gasteiger partial charge < -0.3 is 83.5 Å². The van der Waals surface area contributed by atoms with E-state index in [2.05, 4.69) is 31.9 Å². The van der Waals surface area contributed by atoms with Gasteiger partial charge in [0.25, 0.3) is 0 Å². The van der Waals surface area contributed by atoms with Crippen LogP contribution in [-0.4, -0.2) is 90.1 Å². The molecule has 6 aromatic carbocycles. The van der Waals surface area contributed by atoms with Gasteiger partial charge in [-0.25, -0.2) is 4.39 Å². The second kappa shape index (κ2) is 21.6. The minimum atomic E-state index is -2.09. The molecule has 6 aromatic rings. The molecule has 402 valence electrons. The smallest absolute Gasteiger partial charge is 0.248 e. The van der Waals surface area contributed by atoms with E-state index in [-0.39, 0.29) is 62.0 Å². The number of carbonyl (C=O) groups is 7. The van der Waals surface area contributed by atoms with Crippen LogP contribution in [0, 0.1) is 5.82 Å². The molecule has 0 saturated carbocycles. The summed E-state index contributed by atoms with van der Waals surface area (Å²) >= 11 is 6.61. The molecule has 16 N–H and O–H groups in total. The van der Waals surface area contributed by atoms with Gasteiger partial charge in [-0.1, -0.05) is 48.0 Å². The quantitative estimate of drug-likeness (QED) is 0.118. The third-order valence-corrected chi connectivity index (χ3v) is 13.3. The standard InChI is InChI=1S/C53H46ClFN8O15/c54-31-14-24-6-12-35(31)78-37-16-25-15-36(47(37)70)77-28-9-3-22(4-10-28)46(69)44-53(76)62-43(50(73)58-20-21-1-7-26(55)8-2-21)30-17-27(64)18-34(66)39(30)29-13-23(5-11-33(29)65)41(51(74)63-44)61-52(75)42(25)60-48(71)32(19-38(56)67)59-49(72)40(57)45(24)68/h1-18,32,40-46,64-66,68-70H,19-20,57H2,(H2,56,67)(H,58,73)(H,59,72)(H,60,71)(H,61,75)(H,62,76)(H,63,74)/t32-,40+,41+,42+,43-,44-,45+,46+/m0/s1. The predicted molar refractivity (Wildman–Crippen MR) is 269 cm³/mol. The molecular weight excluding hydrogens is 1040 g/mol. The number of benzene rings is 6. The van der Waals surface area contributed by atoms with Crippen LogP contribution in [0.4, 0.5) is 4.39 Å². The monoisotopic (exact) mass is 1090 g/mol. The van der Waals surface area contributed by atoms with Crippen LogP contribution in [-0.2, 0) is 40.1 Å². The number of aromatic hydroxyl groups is 4. The van der Waals surface area contributed by atoms with Crippen LogP contribution in [0.2, 0.25) is 5.02 Å². The number of ether oxygens (including phenoxy) is 2. The van der Waals surface area contributed by atoms with Crippen molar-refractivity contribution >= 4 is 53.0 Å². The molecule has 7 amide bonds. The van der Waals surface area contributed by atoms with Gasteiger partial charge in [0, 0.05) is 23.7 Å². The Labute approximate surface area is 444 Å². The molecule has 8 atom stereocenters. The minimum absolute atomic E-state index is 0.00815. The summed E-state index contributed by atoms with van der Waals surface area (Å²) in [5.41, 5.74) is 10.4. The summed E-state index contributed by atoms with van der Waals surface area (Å²) in [7, 11) is 0. The van der Waals surface area contributed by atoms with Crippen molar-refractivity contribution in [3.63, 3.8) is 0 Å². The molecule has 0 fully saturated rings. The number of phenolic OH excluding ortho intramolecular Hbond substituents is 4. The van der Waals surface area contributed by atoms with Crippen LogP contribution < -0.4 is 52.8 Å². The lowest BCUT2D eigenvalue weighted by atomic mass is 9.89. The summed E-state index contributed by atoms with van der Waals surface area (Å²) in [6, 6.07) is 9.51. The van der Waals surface area contributed by atoms with E-state index >= 15 is 9.59 Å². The van der Waals surface area contributed by atoms with Gasteiger partial charge in [-0.15, -0.1) is 0 Å². The third kappa shape index (κ3) is 10.9. The van der Waals surface area contributed by atoms with Crippen LogP contribution in [0.5, 0.6) is 46.0 Å². The Morgan fingerprint density at radius 2 is 1.27 bits per heavy atom. The average molecular weight is 1090 g/mol. The lowest BCUT2D eigenvalue weighted by molar-refractivity contribution is -0.137. The Balaban J connectivity index is 1.24. The molecule has 0 saturated heterocycles. The summed E-state index contributed by atoms with van der Waals surface area (Å²) < 4.78 is 26.0. The van der Waals surface area contributed by atoms with Crippen molar-refractivity contribution in [3.05, 3.63) is 153 Å². The van der Waals surface area contributed by atoms with Crippen LogP contribution in [0.15, 0.2) is 109 Å². The Morgan fingerprint density at radius 3 is 1.96 bits per heavy atom. The molecule has 0 radical (unpaired) electrons. The van der Waals surface area contributed by atoms with Crippen LogP contribution in [0.25, 0.3) is 11.1 Å². The van der Waals surface area contributed by atoms with Crippen molar-refractivity contribution in [2.75, 3.05) is 0 Å². The summed E-state index contributed by atoms with van der Waals surface area (Å²) in [6.45, 7) is -0.247. The normalized spacial score (nSPS) is 22.2. The number of carbonyl (C=O) groups excluding carboxylic acids is 7. The number of nitrogens with one attached hydrogen (secondary N) is 6. The number of nitrogens with two attached hydrogens (primary N) is 2. The zero-order chi connectivity index (χ0) is 55.9. The summed E-state index contributed by atoms with van der Waals surface area (Å²) in [5, 5.41) is 83.6. The zero-order valence-electron chi connectivity index (χ0n) is 40.2. The number of primary amides is 1. The zero-order valence-corrected chi connectivity index (χ0v) is 40.9. The van der Waals surface area contributed by atoms with Gasteiger partial charge >= 0.3 is 0 Å².